The number of anilines is 1. The van der Waals surface area contributed by atoms with Crippen LogP contribution >= 0.6 is 11.6 Å². The molecule has 1 aromatic carbocycles. The first-order valence-corrected chi connectivity index (χ1v) is 6.31. The van der Waals surface area contributed by atoms with Crippen LogP contribution in [0.1, 0.15) is 19.4 Å². The molecule has 94 valence electrons. The van der Waals surface area contributed by atoms with E-state index in [9.17, 15) is 0 Å². The molecule has 0 radical (unpaired) electrons. The average molecular weight is 262 g/mol. The molecule has 2 aromatic rings. The van der Waals surface area contributed by atoms with Crippen LogP contribution in [0.15, 0.2) is 30.3 Å². The normalized spacial score (nSPS) is 10.7. The molecule has 0 unspecified atom stereocenters. The smallest absolute Gasteiger partial charge is 0.148 e. The summed E-state index contributed by atoms with van der Waals surface area (Å²) in [5.41, 5.74) is 3.02. The van der Waals surface area contributed by atoms with Gasteiger partial charge in [0.2, 0.25) is 0 Å². The Bertz CT molecular complexity index is 535. The maximum Gasteiger partial charge on any atom is 0.148 e. The summed E-state index contributed by atoms with van der Waals surface area (Å²) in [5, 5.41) is 12.4. The lowest BCUT2D eigenvalue weighted by Crippen LogP contribution is -2.11. The maximum atomic E-state index is 5.94. The van der Waals surface area contributed by atoms with Crippen molar-refractivity contribution < 1.29 is 0 Å². The molecular weight excluding hydrogens is 246 g/mol. The fourth-order valence-corrected chi connectivity index (χ4v) is 1.99. The Morgan fingerprint density at radius 2 is 1.89 bits per heavy atom. The topological polar surface area (TPSA) is 37.8 Å². The highest BCUT2D eigenvalue weighted by atomic mass is 35.5. The Labute approximate surface area is 112 Å². The molecule has 1 heterocycles. The molecule has 0 aliphatic rings. The zero-order valence-electron chi connectivity index (χ0n) is 10.7. The van der Waals surface area contributed by atoms with E-state index in [1.54, 1.807) is 0 Å². The standard InChI is InChI=1S/C14H16ClN3/c1-9(2)16-14-7-6-13(17-18-14)12-5-4-11(15)8-10(12)3/h4-9H,1-3H3,(H,16,18). The zero-order valence-corrected chi connectivity index (χ0v) is 11.5. The molecule has 0 bridgehead atoms. The fraction of sp³-hybridized carbons (Fsp3) is 0.286. The van der Waals surface area contributed by atoms with Crippen LogP contribution in [0.5, 0.6) is 0 Å². The lowest BCUT2D eigenvalue weighted by Gasteiger charge is -2.09. The van der Waals surface area contributed by atoms with E-state index in [1.165, 1.54) is 0 Å². The Hall–Kier alpha value is -1.61. The number of aromatic nitrogens is 2. The Balaban J connectivity index is 2.28. The minimum Gasteiger partial charge on any atom is -0.366 e. The first-order chi connectivity index (χ1) is 8.56. The van der Waals surface area contributed by atoms with Gasteiger partial charge in [0.15, 0.2) is 0 Å². The summed E-state index contributed by atoms with van der Waals surface area (Å²) in [6, 6.07) is 10.0. The summed E-state index contributed by atoms with van der Waals surface area (Å²) in [6.07, 6.45) is 0. The van der Waals surface area contributed by atoms with Crippen molar-refractivity contribution in [1.29, 1.82) is 0 Å². The molecule has 0 amide bonds. The maximum absolute atomic E-state index is 5.94. The van der Waals surface area contributed by atoms with Gasteiger partial charge in [-0.2, -0.15) is 0 Å². The van der Waals surface area contributed by atoms with Crippen LogP contribution in [0.4, 0.5) is 5.82 Å². The summed E-state index contributed by atoms with van der Waals surface area (Å²) in [7, 11) is 0. The molecule has 1 N–H and O–H groups in total. The van der Waals surface area contributed by atoms with Gasteiger partial charge < -0.3 is 5.32 Å². The molecule has 0 aliphatic carbocycles. The fourth-order valence-electron chi connectivity index (χ4n) is 1.76. The molecule has 2 rings (SSSR count). The second kappa shape index (κ2) is 5.36. The molecule has 3 nitrogen and oxygen atoms in total. The van der Waals surface area contributed by atoms with E-state index < -0.39 is 0 Å². The van der Waals surface area contributed by atoms with Gasteiger partial charge in [0.25, 0.3) is 0 Å². The second-order valence-corrected chi connectivity index (χ2v) is 5.00. The van der Waals surface area contributed by atoms with E-state index >= 15 is 0 Å². The van der Waals surface area contributed by atoms with Crippen molar-refractivity contribution in [3.63, 3.8) is 0 Å². The van der Waals surface area contributed by atoms with E-state index in [4.69, 9.17) is 11.6 Å². The molecule has 18 heavy (non-hydrogen) atoms. The van der Waals surface area contributed by atoms with Crippen molar-refractivity contribution in [3.05, 3.63) is 40.9 Å². The van der Waals surface area contributed by atoms with Crippen molar-refractivity contribution in [3.8, 4) is 11.3 Å². The molecule has 0 spiro atoms. The third kappa shape index (κ3) is 2.99. The molecule has 0 aliphatic heterocycles. The van der Waals surface area contributed by atoms with E-state index in [2.05, 4.69) is 29.4 Å². The van der Waals surface area contributed by atoms with Crippen molar-refractivity contribution in [1.82, 2.24) is 10.2 Å². The first kappa shape index (κ1) is 12.8. The predicted octanol–water partition coefficient (Wildman–Crippen LogP) is 3.93. The summed E-state index contributed by atoms with van der Waals surface area (Å²) in [4.78, 5) is 0. The third-order valence-corrected chi connectivity index (χ3v) is 2.80. The SMILES string of the molecule is Cc1cc(Cl)ccc1-c1ccc(NC(C)C)nn1. The first-order valence-electron chi connectivity index (χ1n) is 5.93. The van der Waals surface area contributed by atoms with Crippen molar-refractivity contribution in [2.75, 3.05) is 5.32 Å². The van der Waals surface area contributed by atoms with E-state index in [-0.39, 0.29) is 0 Å². The van der Waals surface area contributed by atoms with Gasteiger partial charge in [-0.1, -0.05) is 17.7 Å². The van der Waals surface area contributed by atoms with Crippen LogP contribution in [0.2, 0.25) is 5.02 Å². The van der Waals surface area contributed by atoms with Crippen LogP contribution < -0.4 is 5.32 Å². The quantitative estimate of drug-likeness (QED) is 0.910. The van der Waals surface area contributed by atoms with Gasteiger partial charge in [0, 0.05) is 16.6 Å². The highest BCUT2D eigenvalue weighted by molar-refractivity contribution is 6.30. The Morgan fingerprint density at radius 3 is 2.44 bits per heavy atom. The van der Waals surface area contributed by atoms with Crippen LogP contribution in [0.25, 0.3) is 11.3 Å². The number of hydrogen-bond acceptors (Lipinski definition) is 3. The average Bonchev–Trinajstić information content (AvgIpc) is 2.30. The largest absolute Gasteiger partial charge is 0.366 e. The highest BCUT2D eigenvalue weighted by Gasteiger charge is 2.05. The van der Waals surface area contributed by atoms with Gasteiger partial charge >= 0.3 is 0 Å². The van der Waals surface area contributed by atoms with Gasteiger partial charge in [-0.25, -0.2) is 0 Å². The zero-order chi connectivity index (χ0) is 13.1. The lowest BCUT2D eigenvalue weighted by atomic mass is 10.1. The number of rotatable bonds is 3. The van der Waals surface area contributed by atoms with Gasteiger partial charge in [-0.15, -0.1) is 10.2 Å². The number of nitrogens with one attached hydrogen (secondary N) is 1. The van der Waals surface area contributed by atoms with Gasteiger partial charge in [-0.3, -0.25) is 0 Å². The summed E-state index contributed by atoms with van der Waals surface area (Å²) < 4.78 is 0. The van der Waals surface area contributed by atoms with Crippen LogP contribution in [-0.4, -0.2) is 16.2 Å². The molecule has 0 atom stereocenters. The third-order valence-electron chi connectivity index (χ3n) is 2.57. The van der Waals surface area contributed by atoms with E-state index in [1.807, 2.05) is 37.3 Å². The van der Waals surface area contributed by atoms with Crippen LogP contribution in [0.3, 0.4) is 0 Å². The number of nitrogens with zero attached hydrogens (tertiary/aromatic N) is 2. The monoisotopic (exact) mass is 261 g/mol. The molecular formula is C14H16ClN3. The number of halogens is 1. The van der Waals surface area contributed by atoms with Crippen molar-refractivity contribution in [2.45, 2.75) is 26.8 Å². The predicted molar refractivity (Wildman–Crippen MR) is 76.0 cm³/mol. The minimum atomic E-state index is 0.349. The second-order valence-electron chi connectivity index (χ2n) is 4.56. The number of aryl methyl sites for hydroxylation is 1. The Kier molecular flexibility index (Phi) is 3.82. The van der Waals surface area contributed by atoms with Gasteiger partial charge in [0.05, 0.1) is 5.69 Å². The number of benzene rings is 1. The van der Waals surface area contributed by atoms with Crippen LogP contribution in [0, 0.1) is 6.92 Å². The summed E-state index contributed by atoms with van der Waals surface area (Å²) in [6.45, 7) is 6.15. The number of hydrogen-bond donors (Lipinski definition) is 1. The summed E-state index contributed by atoms with van der Waals surface area (Å²) >= 11 is 5.94. The molecule has 0 saturated heterocycles. The highest BCUT2D eigenvalue weighted by Crippen LogP contribution is 2.24. The lowest BCUT2D eigenvalue weighted by molar-refractivity contribution is 0.874. The van der Waals surface area contributed by atoms with Crippen molar-refractivity contribution >= 4 is 17.4 Å². The molecule has 0 fully saturated rings. The van der Waals surface area contributed by atoms with Gasteiger partial charge in [0.1, 0.15) is 5.82 Å². The molecule has 4 heteroatoms. The minimum absolute atomic E-state index is 0.349. The van der Waals surface area contributed by atoms with Gasteiger partial charge in [-0.05, 0) is 50.6 Å². The summed E-state index contributed by atoms with van der Waals surface area (Å²) in [5.74, 6) is 0.792. The molecule has 1 aromatic heterocycles. The van der Waals surface area contributed by atoms with Crippen molar-refractivity contribution in [2.24, 2.45) is 0 Å². The van der Waals surface area contributed by atoms with E-state index in [0.29, 0.717) is 6.04 Å². The van der Waals surface area contributed by atoms with E-state index in [0.717, 1.165) is 27.7 Å². The molecule has 0 saturated carbocycles. The Morgan fingerprint density at radius 1 is 1.11 bits per heavy atom. The van der Waals surface area contributed by atoms with Crippen LogP contribution in [-0.2, 0) is 0 Å².